The molecule has 0 bridgehead atoms. The highest BCUT2D eigenvalue weighted by Crippen LogP contribution is 2.45. The number of halogens is 3. The second-order valence-corrected chi connectivity index (χ2v) is 4.99. The summed E-state index contributed by atoms with van der Waals surface area (Å²) in [5, 5.41) is 8.82. The van der Waals surface area contributed by atoms with Crippen molar-refractivity contribution in [2.75, 3.05) is 13.2 Å². The first-order chi connectivity index (χ1) is 7.90. The molecular weight excluding hydrogens is 296 g/mol. The zero-order valence-electron chi connectivity index (χ0n) is 8.92. The molecule has 1 heterocycles. The van der Waals surface area contributed by atoms with Crippen molar-refractivity contribution in [1.82, 2.24) is 0 Å². The van der Waals surface area contributed by atoms with Gasteiger partial charge in [0, 0.05) is 16.5 Å². The average molecular weight is 308 g/mol. The highest BCUT2D eigenvalue weighted by atomic mass is 79.9. The van der Waals surface area contributed by atoms with E-state index < -0.39 is 18.1 Å². The fraction of sp³-hybridized carbons (Fsp3) is 0.455. The number of aliphatic hydroxyl groups excluding tert-OH is 1. The van der Waals surface area contributed by atoms with Crippen LogP contribution in [0.25, 0.3) is 0 Å². The van der Waals surface area contributed by atoms with Gasteiger partial charge >= 0.3 is 0 Å². The second kappa shape index (κ2) is 4.19. The van der Waals surface area contributed by atoms with Crippen LogP contribution in [0.1, 0.15) is 12.0 Å². The molecule has 94 valence electrons. The summed E-state index contributed by atoms with van der Waals surface area (Å²) < 4.78 is 33.5. The first-order valence-corrected chi connectivity index (χ1v) is 5.90. The van der Waals surface area contributed by atoms with Gasteiger partial charge in [-0.1, -0.05) is 15.9 Å². The van der Waals surface area contributed by atoms with Crippen LogP contribution in [0.15, 0.2) is 22.7 Å². The number of alkyl halides is 2. The molecule has 1 aromatic rings. The Bertz CT molecular complexity index is 441. The van der Waals surface area contributed by atoms with E-state index in [9.17, 15) is 8.78 Å². The Kier molecular flexibility index (Phi) is 3.14. The Morgan fingerprint density at radius 3 is 2.88 bits per heavy atom. The molecule has 1 aromatic carbocycles. The van der Waals surface area contributed by atoms with E-state index in [2.05, 4.69) is 15.9 Å². The quantitative estimate of drug-likeness (QED) is 0.879. The minimum absolute atomic E-state index is 0.0377. The fourth-order valence-corrected chi connectivity index (χ4v) is 2.32. The lowest BCUT2D eigenvalue weighted by molar-refractivity contribution is -0.124. The topological polar surface area (TPSA) is 55.5 Å². The Morgan fingerprint density at radius 2 is 2.24 bits per heavy atom. The smallest absolute Gasteiger partial charge is 0.292 e. The van der Waals surface area contributed by atoms with Crippen LogP contribution in [-0.2, 0) is 5.54 Å². The van der Waals surface area contributed by atoms with Crippen LogP contribution in [0, 0.1) is 0 Å². The molecule has 0 aromatic heterocycles. The van der Waals surface area contributed by atoms with Crippen LogP contribution in [0.2, 0.25) is 0 Å². The molecule has 0 fully saturated rings. The Hall–Kier alpha value is -0.720. The van der Waals surface area contributed by atoms with Gasteiger partial charge in [0.2, 0.25) is 0 Å². The van der Waals surface area contributed by atoms with Crippen molar-refractivity contribution in [1.29, 1.82) is 0 Å². The third-order valence-electron chi connectivity index (χ3n) is 3.03. The van der Waals surface area contributed by atoms with Crippen molar-refractivity contribution in [2.24, 2.45) is 5.73 Å². The van der Waals surface area contributed by atoms with Crippen LogP contribution in [-0.4, -0.2) is 24.2 Å². The monoisotopic (exact) mass is 307 g/mol. The molecule has 0 saturated heterocycles. The van der Waals surface area contributed by atoms with Crippen LogP contribution in [0.3, 0.4) is 0 Å². The molecule has 0 spiro atoms. The van der Waals surface area contributed by atoms with E-state index in [1.807, 2.05) is 0 Å². The third-order valence-corrected chi connectivity index (χ3v) is 3.52. The van der Waals surface area contributed by atoms with E-state index >= 15 is 0 Å². The lowest BCUT2D eigenvalue weighted by Gasteiger charge is -2.40. The summed E-state index contributed by atoms with van der Waals surface area (Å²) in [5.41, 5.74) is 4.15. The molecule has 0 radical (unpaired) electrons. The fourth-order valence-electron chi connectivity index (χ4n) is 1.95. The third kappa shape index (κ3) is 1.94. The molecule has 0 saturated carbocycles. The van der Waals surface area contributed by atoms with Crippen molar-refractivity contribution in [3.63, 3.8) is 0 Å². The van der Waals surface area contributed by atoms with E-state index in [1.165, 1.54) is 6.07 Å². The van der Waals surface area contributed by atoms with Gasteiger partial charge in [0.1, 0.15) is 17.9 Å². The van der Waals surface area contributed by atoms with Gasteiger partial charge in [-0.15, -0.1) is 0 Å². The minimum Gasteiger partial charge on any atom is -0.493 e. The van der Waals surface area contributed by atoms with E-state index in [1.54, 1.807) is 12.1 Å². The summed E-state index contributed by atoms with van der Waals surface area (Å²) in [6.45, 7) is -1.17. The van der Waals surface area contributed by atoms with Gasteiger partial charge in [0.15, 0.2) is 0 Å². The van der Waals surface area contributed by atoms with Crippen LogP contribution < -0.4 is 10.5 Å². The van der Waals surface area contributed by atoms with Gasteiger partial charge in [-0.2, -0.15) is 0 Å². The van der Waals surface area contributed by atoms with Crippen molar-refractivity contribution in [3.05, 3.63) is 28.2 Å². The highest BCUT2D eigenvalue weighted by Gasteiger charge is 2.54. The molecule has 1 aliphatic heterocycles. The number of rotatable bonds is 2. The van der Waals surface area contributed by atoms with Gasteiger partial charge in [-0.3, -0.25) is 0 Å². The minimum atomic E-state index is -3.38. The number of hydrogen-bond donors (Lipinski definition) is 2. The molecule has 0 aliphatic carbocycles. The maximum absolute atomic E-state index is 13.8. The summed E-state index contributed by atoms with van der Waals surface area (Å²) in [4.78, 5) is 0. The van der Waals surface area contributed by atoms with E-state index in [-0.39, 0.29) is 18.6 Å². The highest BCUT2D eigenvalue weighted by molar-refractivity contribution is 9.10. The molecule has 3 nitrogen and oxygen atoms in total. The maximum Gasteiger partial charge on any atom is 0.292 e. The number of nitrogens with two attached hydrogens (primary N) is 1. The summed E-state index contributed by atoms with van der Waals surface area (Å²) in [7, 11) is 0. The van der Waals surface area contributed by atoms with Gasteiger partial charge in [0.05, 0.1) is 6.61 Å². The molecular formula is C11H12BrF2NO2. The van der Waals surface area contributed by atoms with E-state index in [4.69, 9.17) is 15.6 Å². The summed E-state index contributed by atoms with van der Waals surface area (Å²) in [6, 6.07) is 4.80. The van der Waals surface area contributed by atoms with Crippen LogP contribution in [0.4, 0.5) is 8.78 Å². The van der Waals surface area contributed by atoms with Crippen molar-refractivity contribution in [2.45, 2.75) is 17.9 Å². The van der Waals surface area contributed by atoms with Gasteiger partial charge in [0.25, 0.3) is 5.92 Å². The molecule has 17 heavy (non-hydrogen) atoms. The van der Waals surface area contributed by atoms with Crippen LogP contribution >= 0.6 is 15.9 Å². The molecule has 6 heteroatoms. The van der Waals surface area contributed by atoms with Gasteiger partial charge in [-0.25, -0.2) is 8.78 Å². The molecule has 0 amide bonds. The van der Waals surface area contributed by atoms with E-state index in [0.29, 0.717) is 10.2 Å². The van der Waals surface area contributed by atoms with E-state index in [0.717, 1.165) is 0 Å². The first kappa shape index (κ1) is 12.7. The Labute approximate surface area is 106 Å². The summed E-state index contributed by atoms with van der Waals surface area (Å²) in [6.07, 6.45) is -0.0377. The lowest BCUT2D eigenvalue weighted by Crippen LogP contribution is -2.57. The molecule has 1 aliphatic rings. The maximum atomic E-state index is 13.8. The van der Waals surface area contributed by atoms with Gasteiger partial charge in [-0.05, 0) is 18.2 Å². The first-order valence-electron chi connectivity index (χ1n) is 5.11. The molecule has 3 N–H and O–H groups in total. The zero-order chi connectivity index (χ0) is 12.7. The van der Waals surface area contributed by atoms with Crippen molar-refractivity contribution < 1.29 is 18.6 Å². The average Bonchev–Trinajstić information content (AvgIpc) is 2.30. The molecule has 1 atom stereocenters. The number of fused-ring (bicyclic) bond motifs is 1. The molecule has 2 rings (SSSR count). The predicted octanol–water partition coefficient (Wildman–Crippen LogP) is 2.01. The van der Waals surface area contributed by atoms with Gasteiger partial charge < -0.3 is 15.6 Å². The normalized spacial score (nSPS) is 24.1. The number of benzene rings is 1. The molecule has 1 unspecified atom stereocenters. The number of aliphatic hydroxyl groups is 1. The zero-order valence-corrected chi connectivity index (χ0v) is 10.5. The summed E-state index contributed by atoms with van der Waals surface area (Å²) >= 11 is 3.21. The van der Waals surface area contributed by atoms with Crippen molar-refractivity contribution >= 4 is 15.9 Å². The predicted molar refractivity (Wildman–Crippen MR) is 62.2 cm³/mol. The Morgan fingerprint density at radius 1 is 1.53 bits per heavy atom. The number of ether oxygens (including phenoxy) is 1. The SMILES string of the molecule is NC1(C(F)(F)CO)CCOc2ccc(Br)cc21. The summed E-state index contributed by atoms with van der Waals surface area (Å²) in [5.74, 6) is -3.04. The lowest BCUT2D eigenvalue weighted by atomic mass is 9.80. The Balaban J connectivity index is 2.57. The van der Waals surface area contributed by atoms with Crippen molar-refractivity contribution in [3.8, 4) is 5.75 Å². The largest absolute Gasteiger partial charge is 0.493 e. The number of hydrogen-bond acceptors (Lipinski definition) is 3. The van der Waals surface area contributed by atoms with Crippen LogP contribution in [0.5, 0.6) is 5.75 Å². The standard InChI is InChI=1S/C11H12BrF2NO2/c12-7-1-2-9-8(5-7)10(15,3-4-17-9)11(13,14)6-16/h1-2,5,16H,3-4,6,15H2. The second-order valence-electron chi connectivity index (χ2n) is 4.07.